The van der Waals surface area contributed by atoms with E-state index in [-0.39, 0.29) is 6.10 Å². The fourth-order valence-corrected chi connectivity index (χ4v) is 2.00. The molecule has 0 saturated heterocycles. The molecule has 1 atom stereocenters. The number of hydrogen-bond donors (Lipinski definition) is 0. The number of Topliss-reactive ketones (excluding diaryl/α,β-unsaturated/α-hetero) is 1. The minimum atomic E-state index is -4.29. The van der Waals surface area contributed by atoms with Crippen molar-refractivity contribution in [3.8, 4) is 5.75 Å². The van der Waals surface area contributed by atoms with Gasteiger partial charge in [0.1, 0.15) is 11.9 Å². The highest BCUT2D eigenvalue weighted by Gasteiger charge is 2.28. The lowest BCUT2D eigenvalue weighted by Crippen LogP contribution is -2.11. The summed E-state index contributed by atoms with van der Waals surface area (Å²) in [6, 6.07) is 4.81. The van der Waals surface area contributed by atoms with Crippen molar-refractivity contribution in [3.63, 3.8) is 0 Å². The molecule has 0 aliphatic carbocycles. The van der Waals surface area contributed by atoms with Crippen LogP contribution in [0.3, 0.4) is 0 Å². The second-order valence-corrected chi connectivity index (χ2v) is 4.49. The molecule has 0 radical (unpaired) electrons. The second kappa shape index (κ2) is 4.63. The van der Waals surface area contributed by atoms with Crippen molar-refractivity contribution < 1.29 is 22.7 Å². The number of ketones is 1. The first kappa shape index (κ1) is 12.9. The van der Waals surface area contributed by atoms with Crippen LogP contribution in [0.4, 0.5) is 13.2 Å². The Labute approximate surface area is 103 Å². The minimum Gasteiger partial charge on any atom is -0.490 e. The molecule has 1 aliphatic heterocycles. The molecule has 0 N–H and O–H groups in total. The number of rotatable bonds is 3. The number of alkyl halides is 3. The maximum atomic E-state index is 12.0. The van der Waals surface area contributed by atoms with E-state index in [4.69, 9.17) is 4.74 Å². The number of ether oxygens (including phenoxy) is 1. The van der Waals surface area contributed by atoms with Gasteiger partial charge >= 0.3 is 6.18 Å². The average molecular weight is 258 g/mol. The van der Waals surface area contributed by atoms with E-state index in [2.05, 4.69) is 0 Å². The Hall–Kier alpha value is -1.52. The maximum absolute atomic E-state index is 12.0. The molecule has 0 bridgehead atoms. The van der Waals surface area contributed by atoms with E-state index >= 15 is 0 Å². The van der Waals surface area contributed by atoms with Crippen LogP contribution in [-0.4, -0.2) is 18.1 Å². The molecule has 1 aliphatic rings. The first-order valence-electron chi connectivity index (χ1n) is 5.75. The molecule has 0 aromatic heterocycles. The average Bonchev–Trinajstić information content (AvgIpc) is 2.63. The van der Waals surface area contributed by atoms with Crippen molar-refractivity contribution in [1.82, 2.24) is 0 Å². The molecule has 2 rings (SSSR count). The quantitative estimate of drug-likeness (QED) is 0.775. The van der Waals surface area contributed by atoms with Gasteiger partial charge in [0.25, 0.3) is 0 Å². The number of hydrogen-bond acceptors (Lipinski definition) is 2. The van der Waals surface area contributed by atoms with E-state index in [1.54, 1.807) is 12.1 Å². The van der Waals surface area contributed by atoms with E-state index in [0.29, 0.717) is 12.0 Å². The topological polar surface area (TPSA) is 26.3 Å². The number of halogens is 3. The van der Waals surface area contributed by atoms with Gasteiger partial charge in [0.15, 0.2) is 5.78 Å². The van der Waals surface area contributed by atoms with Gasteiger partial charge in [-0.05, 0) is 30.7 Å². The fourth-order valence-electron chi connectivity index (χ4n) is 2.00. The van der Waals surface area contributed by atoms with E-state index in [1.807, 2.05) is 6.92 Å². The summed E-state index contributed by atoms with van der Waals surface area (Å²) in [4.78, 5) is 11.6. The van der Waals surface area contributed by atoms with Crippen LogP contribution in [0, 0.1) is 0 Å². The SMILES string of the molecule is CC1Cc2cc(C(=O)CCC(F)(F)F)ccc2O1. The van der Waals surface area contributed by atoms with Gasteiger partial charge < -0.3 is 4.74 Å². The number of carbonyl (C=O) groups is 1. The number of benzene rings is 1. The number of fused-ring (bicyclic) bond motifs is 1. The zero-order valence-corrected chi connectivity index (χ0v) is 9.88. The Morgan fingerprint density at radius 2 is 2.17 bits per heavy atom. The Morgan fingerprint density at radius 1 is 1.44 bits per heavy atom. The van der Waals surface area contributed by atoms with Crippen molar-refractivity contribution in [3.05, 3.63) is 29.3 Å². The molecular weight excluding hydrogens is 245 g/mol. The van der Waals surface area contributed by atoms with Crippen LogP contribution < -0.4 is 4.74 Å². The molecule has 0 fully saturated rings. The summed E-state index contributed by atoms with van der Waals surface area (Å²) in [6.45, 7) is 1.91. The van der Waals surface area contributed by atoms with Crippen LogP contribution in [0.15, 0.2) is 18.2 Å². The van der Waals surface area contributed by atoms with Crippen molar-refractivity contribution in [2.75, 3.05) is 0 Å². The normalized spacial score (nSPS) is 18.3. The van der Waals surface area contributed by atoms with Crippen LogP contribution in [0.25, 0.3) is 0 Å². The molecule has 5 heteroatoms. The van der Waals surface area contributed by atoms with Crippen molar-refractivity contribution >= 4 is 5.78 Å². The summed E-state index contributed by atoms with van der Waals surface area (Å²) < 4.78 is 41.6. The monoisotopic (exact) mass is 258 g/mol. The van der Waals surface area contributed by atoms with Gasteiger partial charge in [-0.2, -0.15) is 13.2 Å². The standard InChI is InChI=1S/C13H13F3O2/c1-8-6-10-7-9(2-3-12(10)18-8)11(17)4-5-13(14,15)16/h2-3,7-8H,4-6H2,1H3. The Balaban J connectivity index is 2.06. The Kier molecular flexibility index (Phi) is 3.32. The highest BCUT2D eigenvalue weighted by molar-refractivity contribution is 5.96. The molecule has 1 aromatic carbocycles. The first-order chi connectivity index (χ1) is 8.35. The smallest absolute Gasteiger partial charge is 0.389 e. The summed E-state index contributed by atoms with van der Waals surface area (Å²) >= 11 is 0. The summed E-state index contributed by atoms with van der Waals surface area (Å²) in [5.41, 5.74) is 1.22. The van der Waals surface area contributed by atoms with Gasteiger partial charge in [-0.15, -0.1) is 0 Å². The van der Waals surface area contributed by atoms with Crippen LogP contribution in [-0.2, 0) is 6.42 Å². The molecule has 0 spiro atoms. The highest BCUT2D eigenvalue weighted by atomic mass is 19.4. The van der Waals surface area contributed by atoms with Crippen LogP contribution in [0.2, 0.25) is 0 Å². The van der Waals surface area contributed by atoms with Crippen LogP contribution in [0.5, 0.6) is 5.75 Å². The van der Waals surface area contributed by atoms with Gasteiger partial charge in [0.2, 0.25) is 0 Å². The zero-order chi connectivity index (χ0) is 13.3. The minimum absolute atomic E-state index is 0.0560. The second-order valence-electron chi connectivity index (χ2n) is 4.49. The highest BCUT2D eigenvalue weighted by Crippen LogP contribution is 2.30. The lowest BCUT2D eigenvalue weighted by Gasteiger charge is -2.06. The van der Waals surface area contributed by atoms with Crippen molar-refractivity contribution in [2.45, 2.75) is 38.5 Å². The van der Waals surface area contributed by atoms with Crippen LogP contribution >= 0.6 is 0 Å². The lowest BCUT2D eigenvalue weighted by atomic mass is 10.0. The summed E-state index contributed by atoms with van der Waals surface area (Å²) in [6.07, 6.45) is -5.12. The lowest BCUT2D eigenvalue weighted by molar-refractivity contribution is -0.133. The van der Waals surface area contributed by atoms with E-state index in [0.717, 1.165) is 11.3 Å². The molecule has 0 amide bonds. The predicted molar refractivity (Wildman–Crippen MR) is 59.9 cm³/mol. The molecule has 0 saturated carbocycles. The summed E-state index contributed by atoms with van der Waals surface area (Å²) in [5, 5.41) is 0. The zero-order valence-electron chi connectivity index (χ0n) is 9.88. The van der Waals surface area contributed by atoms with Gasteiger partial charge in [-0.3, -0.25) is 4.79 Å². The third-order valence-corrected chi connectivity index (χ3v) is 2.85. The molecule has 1 heterocycles. The van der Waals surface area contributed by atoms with E-state index < -0.39 is 24.8 Å². The Bertz CT molecular complexity index is 466. The van der Waals surface area contributed by atoms with Crippen molar-refractivity contribution in [1.29, 1.82) is 0 Å². The third kappa shape index (κ3) is 3.03. The van der Waals surface area contributed by atoms with Gasteiger partial charge in [-0.1, -0.05) is 0 Å². The molecule has 18 heavy (non-hydrogen) atoms. The Morgan fingerprint density at radius 3 is 2.83 bits per heavy atom. The molecule has 2 nitrogen and oxygen atoms in total. The van der Waals surface area contributed by atoms with Crippen LogP contribution in [0.1, 0.15) is 35.7 Å². The molecular formula is C13H13F3O2. The predicted octanol–water partition coefficient (Wildman–Crippen LogP) is 3.54. The third-order valence-electron chi connectivity index (χ3n) is 2.85. The van der Waals surface area contributed by atoms with Gasteiger partial charge in [0.05, 0.1) is 6.42 Å². The van der Waals surface area contributed by atoms with Gasteiger partial charge in [-0.25, -0.2) is 0 Å². The summed E-state index contributed by atoms with van der Waals surface area (Å²) in [5.74, 6) is 0.240. The first-order valence-corrected chi connectivity index (χ1v) is 5.75. The fraction of sp³-hybridized carbons (Fsp3) is 0.462. The molecule has 98 valence electrons. The van der Waals surface area contributed by atoms with E-state index in [1.165, 1.54) is 6.07 Å². The van der Waals surface area contributed by atoms with Crippen molar-refractivity contribution in [2.24, 2.45) is 0 Å². The maximum Gasteiger partial charge on any atom is 0.389 e. The summed E-state index contributed by atoms with van der Waals surface area (Å²) in [7, 11) is 0. The van der Waals surface area contributed by atoms with E-state index in [9.17, 15) is 18.0 Å². The molecule has 1 aromatic rings. The van der Waals surface area contributed by atoms with Gasteiger partial charge in [0, 0.05) is 18.4 Å². The number of carbonyl (C=O) groups excluding carboxylic acids is 1. The largest absolute Gasteiger partial charge is 0.490 e. The molecule has 1 unspecified atom stereocenters.